The molecule has 1 aliphatic carbocycles. The second kappa shape index (κ2) is 8.42. The van der Waals surface area contributed by atoms with Gasteiger partial charge in [0.05, 0.1) is 4.90 Å². The number of sulfonamides is 1. The number of hydrogen-bond donors (Lipinski definition) is 3. The number of hydrogen-bond acceptors (Lipinski definition) is 5. The first-order chi connectivity index (χ1) is 13.4. The average molecular weight is 407 g/mol. The van der Waals surface area contributed by atoms with Gasteiger partial charge in [-0.05, 0) is 56.3 Å². The predicted octanol–water partition coefficient (Wildman–Crippen LogP) is 1.48. The molecule has 9 heteroatoms. The van der Waals surface area contributed by atoms with Gasteiger partial charge in [-0.25, -0.2) is 8.42 Å². The molecule has 152 valence electrons. The van der Waals surface area contributed by atoms with Crippen LogP contribution in [0.3, 0.4) is 0 Å². The fourth-order valence-corrected chi connectivity index (χ4v) is 5.63. The molecule has 8 nitrogen and oxygen atoms in total. The molecule has 3 N–H and O–H groups in total. The highest BCUT2D eigenvalue weighted by Crippen LogP contribution is 2.44. The van der Waals surface area contributed by atoms with Crippen LogP contribution in [0.4, 0.5) is 0 Å². The summed E-state index contributed by atoms with van der Waals surface area (Å²) in [6.07, 6.45) is 4.57. The van der Waals surface area contributed by atoms with E-state index in [4.69, 9.17) is 9.90 Å². The Kier molecular flexibility index (Phi) is 6.17. The molecule has 1 saturated heterocycles. The van der Waals surface area contributed by atoms with Crippen LogP contribution >= 0.6 is 0 Å². The summed E-state index contributed by atoms with van der Waals surface area (Å²) in [6.45, 7) is 3.63. The van der Waals surface area contributed by atoms with Gasteiger partial charge in [0.1, 0.15) is 0 Å². The van der Waals surface area contributed by atoms with Gasteiger partial charge in [-0.1, -0.05) is 6.07 Å². The van der Waals surface area contributed by atoms with Gasteiger partial charge in [0.2, 0.25) is 10.0 Å². The van der Waals surface area contributed by atoms with Crippen molar-refractivity contribution in [2.75, 3.05) is 19.6 Å². The lowest BCUT2D eigenvalue weighted by atomic mass is 10.0. The zero-order valence-electron chi connectivity index (χ0n) is 15.7. The van der Waals surface area contributed by atoms with Crippen molar-refractivity contribution in [3.63, 3.8) is 0 Å². The first-order valence-corrected chi connectivity index (χ1v) is 10.8. The van der Waals surface area contributed by atoms with Crippen molar-refractivity contribution in [3.05, 3.63) is 40.3 Å². The van der Waals surface area contributed by atoms with E-state index in [0.717, 1.165) is 31.4 Å². The van der Waals surface area contributed by atoms with Gasteiger partial charge in [0.25, 0.3) is 12.0 Å². The average Bonchev–Trinajstić information content (AvgIpc) is 3.50. The number of aromatic amines is 1. The molecule has 2 fully saturated rings. The minimum atomic E-state index is -3.67. The van der Waals surface area contributed by atoms with Crippen LogP contribution in [-0.4, -0.2) is 55.0 Å². The lowest BCUT2D eigenvalue weighted by molar-refractivity contribution is -0.122. The molecule has 0 unspecified atom stereocenters. The van der Waals surface area contributed by atoms with Crippen molar-refractivity contribution in [2.24, 2.45) is 0 Å². The van der Waals surface area contributed by atoms with Crippen molar-refractivity contribution in [2.45, 2.75) is 43.0 Å². The highest BCUT2D eigenvalue weighted by Gasteiger charge is 2.34. The maximum Gasteiger partial charge on any atom is 0.290 e. The van der Waals surface area contributed by atoms with Crippen molar-refractivity contribution in [3.8, 4) is 0 Å². The molecule has 1 aromatic carbocycles. The Hall–Kier alpha value is -2.23. The number of aromatic nitrogens is 1. The summed E-state index contributed by atoms with van der Waals surface area (Å²) in [5, 5.41) is 11.2. The highest BCUT2D eigenvalue weighted by atomic mass is 32.2. The maximum atomic E-state index is 13.5. The van der Waals surface area contributed by atoms with Gasteiger partial charge < -0.3 is 15.4 Å². The summed E-state index contributed by atoms with van der Waals surface area (Å²) >= 11 is 0. The number of nitrogens with one attached hydrogen (secondary N) is 2. The summed E-state index contributed by atoms with van der Waals surface area (Å²) in [6, 6.07) is 4.91. The minimum Gasteiger partial charge on any atom is -0.483 e. The molecule has 28 heavy (non-hydrogen) atoms. The Balaban J connectivity index is 0.000000706. The Morgan fingerprint density at radius 1 is 1.29 bits per heavy atom. The molecule has 2 aliphatic rings. The smallest absolute Gasteiger partial charge is 0.290 e. The molecule has 0 bridgehead atoms. The van der Waals surface area contributed by atoms with Crippen LogP contribution in [0.5, 0.6) is 0 Å². The summed E-state index contributed by atoms with van der Waals surface area (Å²) in [7, 11) is -3.67. The number of rotatable bonds is 3. The zero-order chi connectivity index (χ0) is 20.3. The van der Waals surface area contributed by atoms with E-state index >= 15 is 0 Å². The van der Waals surface area contributed by atoms with E-state index in [-0.39, 0.29) is 23.0 Å². The molecule has 0 radical (unpaired) electrons. The Bertz CT molecular complexity index is 1010. The van der Waals surface area contributed by atoms with Crippen LogP contribution in [-0.2, 0) is 14.8 Å². The van der Waals surface area contributed by atoms with E-state index in [1.165, 1.54) is 0 Å². The van der Waals surface area contributed by atoms with Crippen LogP contribution in [0.1, 0.15) is 37.7 Å². The Morgan fingerprint density at radius 2 is 2.00 bits per heavy atom. The zero-order valence-corrected chi connectivity index (χ0v) is 16.5. The third-order valence-electron chi connectivity index (χ3n) is 5.19. The standard InChI is InChI=1S/C18H23N3O3S.CH2O2/c1-12-10-19-8-3-9-21(12)25(23,24)16-5-2-4-14-17(16)15(13-6-7-13)11-20-18(14)22;2-1-3/h2,4-5,11-13,19H,3,6-10H2,1H3,(H,20,22);1H,(H,2,3)/t12-;/m1./s1. The first kappa shape index (κ1) is 20.5. The summed E-state index contributed by atoms with van der Waals surface area (Å²) in [4.78, 5) is 23.7. The number of benzene rings is 1. The van der Waals surface area contributed by atoms with Crippen LogP contribution in [0.2, 0.25) is 0 Å². The van der Waals surface area contributed by atoms with Gasteiger partial charge >= 0.3 is 0 Å². The lowest BCUT2D eigenvalue weighted by Gasteiger charge is -2.27. The molecule has 0 amide bonds. The lowest BCUT2D eigenvalue weighted by Crippen LogP contribution is -2.41. The fourth-order valence-electron chi connectivity index (χ4n) is 3.72. The first-order valence-electron chi connectivity index (χ1n) is 9.36. The fraction of sp³-hybridized carbons (Fsp3) is 0.474. The Labute approximate surface area is 163 Å². The molecule has 4 rings (SSSR count). The molecule has 1 atom stereocenters. The number of carbonyl (C=O) groups is 1. The summed E-state index contributed by atoms with van der Waals surface area (Å²) in [5.74, 6) is 0.346. The number of pyridine rings is 1. The van der Waals surface area contributed by atoms with Crippen molar-refractivity contribution in [1.82, 2.24) is 14.6 Å². The molecular weight excluding hydrogens is 382 g/mol. The molecule has 1 aromatic heterocycles. The van der Waals surface area contributed by atoms with E-state index < -0.39 is 10.0 Å². The highest BCUT2D eigenvalue weighted by molar-refractivity contribution is 7.89. The van der Waals surface area contributed by atoms with E-state index in [9.17, 15) is 13.2 Å². The monoisotopic (exact) mass is 407 g/mol. The Morgan fingerprint density at radius 3 is 2.68 bits per heavy atom. The van der Waals surface area contributed by atoms with Crippen LogP contribution in [0, 0.1) is 0 Å². The van der Waals surface area contributed by atoms with Gasteiger partial charge in [-0.15, -0.1) is 0 Å². The van der Waals surface area contributed by atoms with E-state index in [1.54, 1.807) is 28.7 Å². The topological polar surface area (TPSA) is 120 Å². The largest absolute Gasteiger partial charge is 0.483 e. The molecule has 0 spiro atoms. The second-order valence-corrected chi connectivity index (χ2v) is 9.01. The molecule has 1 saturated carbocycles. The second-order valence-electron chi connectivity index (χ2n) is 7.15. The van der Waals surface area contributed by atoms with Crippen LogP contribution < -0.4 is 10.9 Å². The van der Waals surface area contributed by atoms with Gasteiger partial charge in [-0.2, -0.15) is 4.31 Å². The molecular formula is C19H25N3O5S. The van der Waals surface area contributed by atoms with E-state index in [0.29, 0.717) is 29.8 Å². The minimum absolute atomic E-state index is 0.117. The van der Waals surface area contributed by atoms with Gasteiger partial charge in [-0.3, -0.25) is 9.59 Å². The van der Waals surface area contributed by atoms with Gasteiger partial charge in [0.15, 0.2) is 0 Å². The molecule has 1 aliphatic heterocycles. The van der Waals surface area contributed by atoms with E-state index in [2.05, 4.69) is 10.3 Å². The van der Waals surface area contributed by atoms with Crippen molar-refractivity contribution in [1.29, 1.82) is 0 Å². The normalized spacial score (nSPS) is 20.8. The summed E-state index contributed by atoms with van der Waals surface area (Å²) < 4.78 is 28.5. The maximum absolute atomic E-state index is 13.5. The number of H-pyrrole nitrogens is 1. The predicted molar refractivity (Wildman–Crippen MR) is 106 cm³/mol. The van der Waals surface area contributed by atoms with Crippen molar-refractivity contribution >= 4 is 27.3 Å². The number of fused-ring (bicyclic) bond motifs is 1. The van der Waals surface area contributed by atoms with Gasteiger partial charge in [0, 0.05) is 36.1 Å². The van der Waals surface area contributed by atoms with Crippen molar-refractivity contribution < 1.29 is 18.3 Å². The van der Waals surface area contributed by atoms with Crippen LogP contribution in [0.15, 0.2) is 34.1 Å². The van der Waals surface area contributed by atoms with Crippen LogP contribution in [0.25, 0.3) is 10.8 Å². The quantitative estimate of drug-likeness (QED) is 0.663. The molecule has 2 heterocycles. The SMILES string of the molecule is C[C@@H]1CNCCCN1S(=O)(=O)c1cccc2c(=O)[nH]cc(C3CC3)c12.O=CO. The molecule has 2 aromatic rings. The van der Waals surface area contributed by atoms with E-state index in [1.807, 2.05) is 6.92 Å². The third-order valence-corrected chi connectivity index (χ3v) is 7.24. The third kappa shape index (κ3) is 3.96. The number of nitrogens with zero attached hydrogens (tertiary/aromatic N) is 1. The summed E-state index contributed by atoms with van der Waals surface area (Å²) in [5.41, 5.74) is 0.719. The number of carboxylic acid groups (broad SMARTS) is 1.